The van der Waals surface area contributed by atoms with Crippen LogP contribution in [0.2, 0.25) is 0 Å². The lowest BCUT2D eigenvalue weighted by atomic mass is 9.83. The summed E-state index contributed by atoms with van der Waals surface area (Å²) in [5.74, 6) is 0.867. The van der Waals surface area contributed by atoms with Crippen LogP contribution in [0.5, 0.6) is 0 Å². The van der Waals surface area contributed by atoms with Gasteiger partial charge in [0.05, 0.1) is 23.2 Å². The van der Waals surface area contributed by atoms with E-state index in [4.69, 9.17) is 12.2 Å². The first-order chi connectivity index (χ1) is 15.1. The van der Waals surface area contributed by atoms with Crippen LogP contribution in [0.1, 0.15) is 18.0 Å². The van der Waals surface area contributed by atoms with Crippen molar-refractivity contribution in [2.45, 2.75) is 18.9 Å². The van der Waals surface area contributed by atoms with Gasteiger partial charge in [-0.25, -0.2) is 0 Å². The van der Waals surface area contributed by atoms with Crippen molar-refractivity contribution in [1.29, 1.82) is 0 Å². The van der Waals surface area contributed by atoms with Crippen LogP contribution in [0.3, 0.4) is 0 Å². The van der Waals surface area contributed by atoms with E-state index in [1.54, 1.807) is 12.3 Å². The summed E-state index contributed by atoms with van der Waals surface area (Å²) in [4.78, 5) is 31.2. The molecule has 6 nitrogen and oxygen atoms in total. The number of nitrogens with one attached hydrogen (secondary N) is 1. The minimum Gasteiger partial charge on any atom is -0.356 e. The van der Waals surface area contributed by atoms with E-state index >= 15 is 0 Å². The van der Waals surface area contributed by atoms with Gasteiger partial charge < -0.3 is 14.8 Å². The number of pyridine rings is 2. The number of hydrogen-bond acceptors (Lipinski definition) is 5. The Morgan fingerprint density at radius 1 is 1.16 bits per heavy atom. The average molecular weight is 451 g/mol. The van der Waals surface area contributed by atoms with Gasteiger partial charge in [0.15, 0.2) is 0 Å². The summed E-state index contributed by atoms with van der Waals surface area (Å²) in [7, 11) is 0. The van der Waals surface area contributed by atoms with Crippen LogP contribution in [-0.2, 0) is 11.3 Å². The lowest BCUT2D eigenvalue weighted by molar-refractivity contribution is -0.113. The maximum Gasteiger partial charge on any atom is 0.250 e. The first-order valence-electron chi connectivity index (χ1n) is 10.3. The molecule has 4 heterocycles. The Morgan fingerprint density at radius 2 is 2.03 bits per heavy atom. The first kappa shape index (κ1) is 20.2. The summed E-state index contributed by atoms with van der Waals surface area (Å²) >= 11 is 7.04. The minimum absolute atomic E-state index is 0.0810. The summed E-state index contributed by atoms with van der Waals surface area (Å²) in [5.41, 5.74) is 2.76. The second kappa shape index (κ2) is 8.43. The fraction of sp³-hybridized carbons (Fsp3) is 0.304. The summed E-state index contributed by atoms with van der Waals surface area (Å²) in [6.45, 7) is 2.37. The zero-order chi connectivity index (χ0) is 21.4. The van der Waals surface area contributed by atoms with Gasteiger partial charge >= 0.3 is 0 Å². The molecule has 1 N–H and O–H groups in total. The Kier molecular flexibility index (Phi) is 5.50. The lowest BCUT2D eigenvalue weighted by Crippen LogP contribution is -2.48. The van der Waals surface area contributed by atoms with Gasteiger partial charge in [-0.15, -0.1) is 0 Å². The molecule has 0 spiro atoms. The maximum absolute atomic E-state index is 12.5. The molecule has 5 rings (SSSR count). The van der Waals surface area contributed by atoms with Gasteiger partial charge in [-0.3, -0.25) is 14.6 Å². The topological polar surface area (TPSA) is 67.2 Å². The number of anilines is 1. The lowest BCUT2D eigenvalue weighted by Gasteiger charge is -2.43. The molecular formula is C23H22N4O2S2. The van der Waals surface area contributed by atoms with Crippen molar-refractivity contribution < 1.29 is 4.79 Å². The SMILES string of the molecule is O=C(CSC(=S)N1CC2CC(C1)c1cccc(=O)n1C2)Nc1cnc2ccccc2c1. The molecular weight excluding hydrogens is 428 g/mol. The molecule has 2 bridgehead atoms. The molecule has 2 aliphatic rings. The second-order valence-corrected chi connectivity index (χ2v) is 9.73. The van der Waals surface area contributed by atoms with Gasteiger partial charge in [0.2, 0.25) is 5.91 Å². The van der Waals surface area contributed by atoms with Gasteiger partial charge in [0, 0.05) is 42.7 Å². The molecule has 0 saturated carbocycles. The van der Waals surface area contributed by atoms with E-state index in [9.17, 15) is 9.59 Å². The summed E-state index contributed by atoms with van der Waals surface area (Å²) in [6, 6.07) is 15.3. The van der Waals surface area contributed by atoms with Crippen molar-refractivity contribution in [1.82, 2.24) is 14.5 Å². The fourth-order valence-electron chi connectivity index (χ4n) is 4.60. The van der Waals surface area contributed by atoms with Crippen molar-refractivity contribution in [3.05, 3.63) is 70.8 Å². The average Bonchev–Trinajstić information content (AvgIpc) is 2.78. The van der Waals surface area contributed by atoms with E-state index in [2.05, 4.69) is 15.2 Å². The molecule has 2 unspecified atom stereocenters. The number of nitrogens with zero attached hydrogens (tertiary/aromatic N) is 3. The number of thioether (sulfide) groups is 1. The molecule has 8 heteroatoms. The smallest absolute Gasteiger partial charge is 0.250 e. The Morgan fingerprint density at radius 3 is 2.94 bits per heavy atom. The van der Waals surface area contributed by atoms with Gasteiger partial charge in [0.1, 0.15) is 4.32 Å². The van der Waals surface area contributed by atoms with Crippen LogP contribution in [-0.4, -0.2) is 43.5 Å². The van der Waals surface area contributed by atoms with Gasteiger partial charge in [-0.2, -0.15) is 0 Å². The minimum atomic E-state index is -0.0986. The number of thiocarbonyl (C=S) groups is 1. The number of piperidine rings is 1. The third kappa shape index (κ3) is 4.22. The van der Waals surface area contributed by atoms with Crippen LogP contribution in [0.15, 0.2) is 59.5 Å². The zero-order valence-electron chi connectivity index (χ0n) is 16.9. The molecule has 2 aromatic heterocycles. The van der Waals surface area contributed by atoms with E-state index in [1.165, 1.54) is 11.8 Å². The molecule has 2 aliphatic heterocycles. The third-order valence-corrected chi connectivity index (χ3v) is 7.46. The Bertz CT molecular complexity index is 1230. The number of carbonyl (C=O) groups is 1. The predicted octanol–water partition coefficient (Wildman–Crippen LogP) is 3.47. The fourth-order valence-corrected chi connectivity index (χ4v) is 5.58. The van der Waals surface area contributed by atoms with Gasteiger partial charge in [-0.05, 0) is 30.5 Å². The largest absolute Gasteiger partial charge is 0.356 e. The van der Waals surface area contributed by atoms with Crippen LogP contribution in [0.4, 0.5) is 5.69 Å². The highest BCUT2D eigenvalue weighted by atomic mass is 32.2. The zero-order valence-corrected chi connectivity index (χ0v) is 18.5. The molecule has 0 aliphatic carbocycles. The Balaban J connectivity index is 1.19. The van der Waals surface area contributed by atoms with Crippen LogP contribution >= 0.6 is 24.0 Å². The van der Waals surface area contributed by atoms with Crippen molar-refractivity contribution in [2.75, 3.05) is 24.2 Å². The Hall–Kier alpha value is -2.71. The number of carbonyl (C=O) groups excluding carboxylic acids is 1. The molecule has 158 valence electrons. The standard InChI is InChI=1S/C23H22N4O2S2/c28-21(25-18-9-16-4-1-2-5-19(16)24-10-18)14-31-23(30)26-11-15-8-17(13-26)20-6-3-7-22(29)27(20)12-15/h1-7,9-10,15,17H,8,11-14H2,(H,25,28). The van der Waals surface area contributed by atoms with Crippen molar-refractivity contribution in [2.24, 2.45) is 5.92 Å². The molecule has 1 amide bonds. The number of amides is 1. The number of rotatable bonds is 3. The van der Waals surface area contributed by atoms with Crippen molar-refractivity contribution in [3.8, 4) is 0 Å². The molecule has 3 aromatic rings. The number of para-hydroxylation sites is 1. The quantitative estimate of drug-likeness (QED) is 0.617. The molecule has 1 saturated heterocycles. The van der Waals surface area contributed by atoms with Crippen LogP contribution in [0.25, 0.3) is 10.9 Å². The first-order valence-corrected chi connectivity index (χ1v) is 11.7. The number of hydrogen-bond donors (Lipinski definition) is 1. The summed E-state index contributed by atoms with van der Waals surface area (Å²) in [5, 5.41) is 3.90. The predicted molar refractivity (Wildman–Crippen MR) is 129 cm³/mol. The summed E-state index contributed by atoms with van der Waals surface area (Å²) in [6.07, 6.45) is 2.76. The molecule has 1 fully saturated rings. The van der Waals surface area contributed by atoms with E-state index < -0.39 is 0 Å². The summed E-state index contributed by atoms with van der Waals surface area (Å²) < 4.78 is 2.66. The number of fused-ring (bicyclic) bond motifs is 5. The van der Waals surface area contributed by atoms with E-state index in [0.717, 1.165) is 47.0 Å². The van der Waals surface area contributed by atoms with Crippen LogP contribution < -0.4 is 10.9 Å². The Labute approximate surface area is 189 Å². The normalized spacial score (nSPS) is 19.7. The van der Waals surface area contributed by atoms with E-state index in [0.29, 0.717) is 17.5 Å². The van der Waals surface area contributed by atoms with E-state index in [-0.39, 0.29) is 17.2 Å². The van der Waals surface area contributed by atoms with E-state index in [1.807, 2.05) is 47.0 Å². The van der Waals surface area contributed by atoms with Crippen molar-refractivity contribution in [3.63, 3.8) is 0 Å². The highest BCUT2D eigenvalue weighted by Gasteiger charge is 2.35. The number of aromatic nitrogens is 2. The molecule has 2 atom stereocenters. The monoisotopic (exact) mass is 450 g/mol. The van der Waals surface area contributed by atoms with Gasteiger partial charge in [0.25, 0.3) is 5.56 Å². The number of likely N-dealkylation sites (tertiary alicyclic amines) is 1. The van der Waals surface area contributed by atoms with Gasteiger partial charge in [-0.1, -0.05) is 48.2 Å². The third-order valence-electron chi connectivity index (χ3n) is 5.94. The maximum atomic E-state index is 12.5. The molecule has 1 aromatic carbocycles. The second-order valence-electron chi connectivity index (χ2n) is 8.12. The number of benzene rings is 1. The highest BCUT2D eigenvalue weighted by molar-refractivity contribution is 8.23. The molecule has 0 radical (unpaired) electrons. The highest BCUT2D eigenvalue weighted by Crippen LogP contribution is 2.36. The molecule has 31 heavy (non-hydrogen) atoms. The van der Waals surface area contributed by atoms with Crippen LogP contribution in [0, 0.1) is 5.92 Å². The van der Waals surface area contributed by atoms with Crippen molar-refractivity contribution >= 4 is 50.8 Å².